The molecule has 1 fully saturated rings. The van der Waals surface area contributed by atoms with Crippen LogP contribution in [-0.4, -0.2) is 30.1 Å². The molecule has 3 atom stereocenters. The van der Waals surface area contributed by atoms with E-state index in [9.17, 15) is 0 Å². The van der Waals surface area contributed by atoms with Gasteiger partial charge in [-0.15, -0.1) is 0 Å². The molecule has 1 aromatic rings. The number of piperazine rings is 1. The molecule has 2 rings (SSSR count). The molecule has 0 radical (unpaired) electrons. The minimum absolute atomic E-state index is 0.538. The molecule has 0 aromatic heterocycles. The van der Waals surface area contributed by atoms with E-state index in [4.69, 9.17) is 0 Å². The van der Waals surface area contributed by atoms with Gasteiger partial charge in [-0.1, -0.05) is 63.4 Å². The average molecular weight is 288 g/mol. The quantitative estimate of drug-likeness (QED) is 0.801. The van der Waals surface area contributed by atoms with E-state index in [1.165, 1.54) is 44.2 Å². The largest absolute Gasteiger partial charge is 0.311 e. The monoisotopic (exact) mass is 288 g/mol. The van der Waals surface area contributed by atoms with Crippen LogP contribution in [0, 0.1) is 0 Å². The summed E-state index contributed by atoms with van der Waals surface area (Å²) in [7, 11) is 0. The highest BCUT2D eigenvalue weighted by molar-refractivity contribution is 5.20. The Morgan fingerprint density at radius 2 is 1.90 bits per heavy atom. The number of hydrogen-bond acceptors (Lipinski definition) is 2. The summed E-state index contributed by atoms with van der Waals surface area (Å²) in [4.78, 5) is 2.79. The Morgan fingerprint density at radius 1 is 1.14 bits per heavy atom. The van der Waals surface area contributed by atoms with Crippen molar-refractivity contribution in [2.45, 2.75) is 71.0 Å². The second-order valence-electron chi connectivity index (χ2n) is 6.52. The SMILES string of the molecule is CCCCC(CCC)N1CC(C)NCC1c1ccccc1. The van der Waals surface area contributed by atoms with Crippen molar-refractivity contribution < 1.29 is 0 Å². The molecular formula is C19H32N2. The smallest absolute Gasteiger partial charge is 0.0476 e. The Morgan fingerprint density at radius 3 is 2.57 bits per heavy atom. The summed E-state index contributed by atoms with van der Waals surface area (Å²) in [6, 6.07) is 12.9. The van der Waals surface area contributed by atoms with Gasteiger partial charge >= 0.3 is 0 Å². The zero-order chi connectivity index (χ0) is 15.1. The fraction of sp³-hybridized carbons (Fsp3) is 0.684. The molecule has 0 saturated carbocycles. The van der Waals surface area contributed by atoms with E-state index < -0.39 is 0 Å². The predicted molar refractivity (Wildman–Crippen MR) is 91.6 cm³/mol. The molecule has 1 N–H and O–H groups in total. The van der Waals surface area contributed by atoms with Crippen LogP contribution in [0.15, 0.2) is 30.3 Å². The van der Waals surface area contributed by atoms with Gasteiger partial charge in [0.25, 0.3) is 0 Å². The molecule has 0 spiro atoms. The van der Waals surface area contributed by atoms with E-state index in [0.29, 0.717) is 12.1 Å². The molecule has 0 aliphatic carbocycles. The second-order valence-corrected chi connectivity index (χ2v) is 6.52. The highest BCUT2D eigenvalue weighted by atomic mass is 15.3. The van der Waals surface area contributed by atoms with Gasteiger partial charge in [-0.2, -0.15) is 0 Å². The topological polar surface area (TPSA) is 15.3 Å². The van der Waals surface area contributed by atoms with Crippen molar-refractivity contribution in [1.29, 1.82) is 0 Å². The van der Waals surface area contributed by atoms with Crippen LogP contribution in [0.3, 0.4) is 0 Å². The summed E-state index contributed by atoms with van der Waals surface area (Å²) in [5.74, 6) is 0. The van der Waals surface area contributed by atoms with E-state index in [1.807, 2.05) is 0 Å². The lowest BCUT2D eigenvalue weighted by Gasteiger charge is -2.44. The highest BCUT2D eigenvalue weighted by Crippen LogP contribution is 2.29. The lowest BCUT2D eigenvalue weighted by Crippen LogP contribution is -2.54. The lowest BCUT2D eigenvalue weighted by molar-refractivity contribution is 0.0736. The zero-order valence-electron chi connectivity index (χ0n) is 14.0. The van der Waals surface area contributed by atoms with Crippen molar-refractivity contribution in [2.75, 3.05) is 13.1 Å². The first-order valence-corrected chi connectivity index (χ1v) is 8.80. The van der Waals surface area contributed by atoms with Gasteiger partial charge in [-0.25, -0.2) is 0 Å². The summed E-state index contributed by atoms with van der Waals surface area (Å²) in [5, 5.41) is 3.67. The molecule has 0 bridgehead atoms. The molecule has 1 heterocycles. The van der Waals surface area contributed by atoms with Crippen LogP contribution in [0.4, 0.5) is 0 Å². The van der Waals surface area contributed by atoms with E-state index in [1.54, 1.807) is 0 Å². The fourth-order valence-corrected chi connectivity index (χ4v) is 3.58. The summed E-state index contributed by atoms with van der Waals surface area (Å²) < 4.78 is 0. The van der Waals surface area contributed by atoms with Gasteiger partial charge in [0.1, 0.15) is 0 Å². The van der Waals surface area contributed by atoms with Gasteiger partial charge in [0.15, 0.2) is 0 Å². The Bertz CT molecular complexity index is 390. The fourth-order valence-electron chi connectivity index (χ4n) is 3.58. The molecule has 1 aliphatic heterocycles. The molecular weight excluding hydrogens is 256 g/mol. The highest BCUT2D eigenvalue weighted by Gasteiger charge is 2.31. The minimum Gasteiger partial charge on any atom is -0.311 e. The summed E-state index contributed by atoms with van der Waals surface area (Å²) in [5.41, 5.74) is 1.47. The van der Waals surface area contributed by atoms with Crippen LogP contribution in [-0.2, 0) is 0 Å². The molecule has 2 heteroatoms. The third-order valence-electron chi connectivity index (χ3n) is 4.71. The van der Waals surface area contributed by atoms with Crippen molar-refractivity contribution in [3.8, 4) is 0 Å². The van der Waals surface area contributed by atoms with Crippen molar-refractivity contribution in [3.05, 3.63) is 35.9 Å². The molecule has 21 heavy (non-hydrogen) atoms. The first-order chi connectivity index (χ1) is 10.3. The number of unbranched alkanes of at least 4 members (excludes halogenated alkanes) is 1. The number of rotatable bonds is 7. The normalized spacial score (nSPS) is 24.9. The molecule has 118 valence electrons. The third-order valence-corrected chi connectivity index (χ3v) is 4.71. The summed E-state index contributed by atoms with van der Waals surface area (Å²) in [6.07, 6.45) is 6.62. The van der Waals surface area contributed by atoms with E-state index in [2.05, 4.69) is 61.3 Å². The van der Waals surface area contributed by atoms with Gasteiger partial charge < -0.3 is 5.32 Å². The molecule has 1 aliphatic rings. The summed E-state index contributed by atoms with van der Waals surface area (Å²) in [6.45, 7) is 9.20. The van der Waals surface area contributed by atoms with Crippen LogP contribution < -0.4 is 5.32 Å². The van der Waals surface area contributed by atoms with E-state index in [0.717, 1.165) is 12.6 Å². The molecule has 1 saturated heterocycles. The van der Waals surface area contributed by atoms with Gasteiger partial charge in [0.05, 0.1) is 0 Å². The van der Waals surface area contributed by atoms with Gasteiger partial charge in [-0.05, 0) is 25.3 Å². The van der Waals surface area contributed by atoms with E-state index in [-0.39, 0.29) is 0 Å². The first-order valence-electron chi connectivity index (χ1n) is 8.80. The Kier molecular flexibility index (Phi) is 6.72. The van der Waals surface area contributed by atoms with Crippen LogP contribution in [0.5, 0.6) is 0 Å². The number of nitrogens with one attached hydrogen (secondary N) is 1. The second kappa shape index (κ2) is 8.55. The predicted octanol–water partition coefficient (Wildman–Crippen LogP) is 4.38. The van der Waals surface area contributed by atoms with Gasteiger partial charge in [0.2, 0.25) is 0 Å². The maximum absolute atomic E-state index is 3.67. The van der Waals surface area contributed by atoms with Crippen LogP contribution >= 0.6 is 0 Å². The Labute approximate surface area is 130 Å². The molecule has 0 amide bonds. The number of benzene rings is 1. The number of hydrogen-bond donors (Lipinski definition) is 1. The third kappa shape index (κ3) is 4.55. The van der Waals surface area contributed by atoms with Crippen molar-refractivity contribution in [2.24, 2.45) is 0 Å². The molecule has 3 unspecified atom stereocenters. The zero-order valence-corrected chi connectivity index (χ0v) is 14.0. The van der Waals surface area contributed by atoms with Crippen molar-refractivity contribution in [1.82, 2.24) is 10.2 Å². The van der Waals surface area contributed by atoms with Crippen LogP contribution in [0.2, 0.25) is 0 Å². The molecule has 1 aromatic carbocycles. The van der Waals surface area contributed by atoms with Crippen LogP contribution in [0.25, 0.3) is 0 Å². The Hall–Kier alpha value is -0.860. The van der Waals surface area contributed by atoms with Gasteiger partial charge in [0, 0.05) is 31.2 Å². The maximum atomic E-state index is 3.67. The molecule has 2 nitrogen and oxygen atoms in total. The minimum atomic E-state index is 0.538. The van der Waals surface area contributed by atoms with Crippen molar-refractivity contribution in [3.63, 3.8) is 0 Å². The lowest BCUT2D eigenvalue weighted by atomic mass is 9.95. The van der Waals surface area contributed by atoms with E-state index >= 15 is 0 Å². The standard InChI is InChI=1S/C19H32N2/c1-4-6-13-18(10-5-2)21-15-16(3)20-14-19(21)17-11-8-7-9-12-17/h7-9,11-12,16,18-20H,4-6,10,13-15H2,1-3H3. The number of nitrogens with zero attached hydrogens (tertiary/aromatic N) is 1. The van der Waals surface area contributed by atoms with Gasteiger partial charge in [-0.3, -0.25) is 4.90 Å². The van der Waals surface area contributed by atoms with Crippen LogP contribution in [0.1, 0.15) is 64.5 Å². The average Bonchev–Trinajstić information content (AvgIpc) is 2.52. The maximum Gasteiger partial charge on any atom is 0.0476 e. The van der Waals surface area contributed by atoms with Crippen molar-refractivity contribution >= 4 is 0 Å². The Balaban J connectivity index is 2.16. The summed E-state index contributed by atoms with van der Waals surface area (Å²) >= 11 is 0. The first kappa shape index (κ1) is 16.5.